The SMILES string of the molecule is COc1ccc(OC)c(Nc2nccc(N3CCC(C)CC3)n2)c1. The molecule has 0 aliphatic carbocycles. The molecule has 1 N–H and O–H groups in total. The van der Waals surface area contributed by atoms with Crippen LogP contribution in [0.2, 0.25) is 0 Å². The maximum absolute atomic E-state index is 5.39. The van der Waals surface area contributed by atoms with Crippen LogP contribution in [0.3, 0.4) is 0 Å². The van der Waals surface area contributed by atoms with Crippen molar-refractivity contribution in [2.24, 2.45) is 5.92 Å². The Kier molecular flexibility index (Phi) is 5.03. The van der Waals surface area contributed by atoms with E-state index in [1.165, 1.54) is 12.8 Å². The van der Waals surface area contributed by atoms with Crippen molar-refractivity contribution in [3.05, 3.63) is 30.5 Å². The Hall–Kier alpha value is -2.50. The number of piperidine rings is 1. The molecule has 1 aromatic carbocycles. The summed E-state index contributed by atoms with van der Waals surface area (Å²) in [6, 6.07) is 7.55. The summed E-state index contributed by atoms with van der Waals surface area (Å²) >= 11 is 0. The van der Waals surface area contributed by atoms with Gasteiger partial charge in [-0.15, -0.1) is 0 Å². The van der Waals surface area contributed by atoms with Crippen molar-refractivity contribution in [2.75, 3.05) is 37.5 Å². The summed E-state index contributed by atoms with van der Waals surface area (Å²) in [7, 11) is 3.28. The summed E-state index contributed by atoms with van der Waals surface area (Å²) < 4.78 is 10.7. The fraction of sp³-hybridized carbons (Fsp3) is 0.444. The van der Waals surface area contributed by atoms with E-state index >= 15 is 0 Å². The highest BCUT2D eigenvalue weighted by atomic mass is 16.5. The van der Waals surface area contributed by atoms with E-state index < -0.39 is 0 Å². The Morgan fingerprint density at radius 3 is 2.62 bits per heavy atom. The smallest absolute Gasteiger partial charge is 0.229 e. The number of hydrogen-bond acceptors (Lipinski definition) is 6. The van der Waals surface area contributed by atoms with Crippen molar-refractivity contribution in [1.82, 2.24) is 9.97 Å². The second-order valence-electron chi connectivity index (χ2n) is 6.10. The standard InChI is InChI=1S/C18H24N4O2/c1-13-7-10-22(11-8-13)17-6-9-19-18(21-17)20-15-12-14(23-2)4-5-16(15)24-3/h4-6,9,12-13H,7-8,10-11H2,1-3H3,(H,19,20,21). The van der Waals surface area contributed by atoms with Gasteiger partial charge in [0, 0.05) is 25.4 Å². The number of anilines is 3. The van der Waals surface area contributed by atoms with E-state index in [1.807, 2.05) is 24.3 Å². The molecule has 2 aromatic rings. The molecule has 2 heterocycles. The van der Waals surface area contributed by atoms with Gasteiger partial charge in [-0.2, -0.15) is 4.98 Å². The van der Waals surface area contributed by atoms with E-state index in [-0.39, 0.29) is 0 Å². The fourth-order valence-corrected chi connectivity index (χ4v) is 2.86. The van der Waals surface area contributed by atoms with Gasteiger partial charge in [-0.05, 0) is 37.0 Å². The van der Waals surface area contributed by atoms with Crippen molar-refractivity contribution in [2.45, 2.75) is 19.8 Å². The molecule has 1 aliphatic rings. The van der Waals surface area contributed by atoms with E-state index in [2.05, 4.69) is 27.1 Å². The van der Waals surface area contributed by atoms with Crippen molar-refractivity contribution in [3.8, 4) is 11.5 Å². The van der Waals surface area contributed by atoms with Crippen LogP contribution < -0.4 is 19.7 Å². The van der Waals surface area contributed by atoms with Crippen LogP contribution in [-0.2, 0) is 0 Å². The molecule has 0 radical (unpaired) electrons. The van der Waals surface area contributed by atoms with Gasteiger partial charge in [-0.1, -0.05) is 6.92 Å². The number of nitrogens with zero attached hydrogens (tertiary/aromatic N) is 3. The van der Waals surface area contributed by atoms with E-state index in [1.54, 1.807) is 20.4 Å². The molecule has 0 bridgehead atoms. The Balaban J connectivity index is 1.80. The maximum atomic E-state index is 5.39. The van der Waals surface area contributed by atoms with E-state index in [0.717, 1.165) is 42.0 Å². The maximum Gasteiger partial charge on any atom is 0.229 e. The van der Waals surface area contributed by atoms with Gasteiger partial charge < -0.3 is 19.7 Å². The average molecular weight is 328 g/mol. The molecule has 0 atom stereocenters. The van der Waals surface area contributed by atoms with Gasteiger partial charge in [0.25, 0.3) is 0 Å². The summed E-state index contributed by atoms with van der Waals surface area (Å²) in [5.41, 5.74) is 0.779. The highest BCUT2D eigenvalue weighted by Gasteiger charge is 2.17. The lowest BCUT2D eigenvalue weighted by atomic mass is 9.99. The van der Waals surface area contributed by atoms with Gasteiger partial charge in [0.15, 0.2) is 0 Å². The minimum Gasteiger partial charge on any atom is -0.497 e. The largest absolute Gasteiger partial charge is 0.497 e. The van der Waals surface area contributed by atoms with E-state index in [9.17, 15) is 0 Å². The molecule has 6 heteroatoms. The van der Waals surface area contributed by atoms with Crippen molar-refractivity contribution >= 4 is 17.5 Å². The average Bonchev–Trinajstić information content (AvgIpc) is 2.62. The lowest BCUT2D eigenvalue weighted by Crippen LogP contribution is -2.33. The third kappa shape index (κ3) is 3.69. The van der Waals surface area contributed by atoms with Crippen LogP contribution in [-0.4, -0.2) is 37.3 Å². The monoisotopic (exact) mass is 328 g/mol. The molecule has 0 spiro atoms. The molecule has 128 valence electrons. The molecule has 3 rings (SSSR count). The van der Waals surface area contributed by atoms with Crippen LogP contribution in [0.5, 0.6) is 11.5 Å². The fourth-order valence-electron chi connectivity index (χ4n) is 2.86. The molecule has 1 fully saturated rings. The van der Waals surface area contributed by atoms with Crippen LogP contribution in [0.25, 0.3) is 0 Å². The van der Waals surface area contributed by atoms with Crippen molar-refractivity contribution in [1.29, 1.82) is 0 Å². The molecule has 0 unspecified atom stereocenters. The van der Waals surface area contributed by atoms with Gasteiger partial charge in [-0.3, -0.25) is 0 Å². The van der Waals surface area contributed by atoms with Crippen LogP contribution in [0.15, 0.2) is 30.5 Å². The normalized spacial score (nSPS) is 15.2. The predicted molar refractivity (Wildman–Crippen MR) is 95.5 cm³/mol. The number of methoxy groups -OCH3 is 2. The summed E-state index contributed by atoms with van der Waals surface area (Å²) in [6.45, 7) is 4.39. The zero-order chi connectivity index (χ0) is 16.9. The number of rotatable bonds is 5. The van der Waals surface area contributed by atoms with E-state index in [4.69, 9.17) is 9.47 Å². The van der Waals surface area contributed by atoms with Crippen molar-refractivity contribution < 1.29 is 9.47 Å². The first-order valence-electron chi connectivity index (χ1n) is 8.26. The van der Waals surface area contributed by atoms with Crippen molar-refractivity contribution in [3.63, 3.8) is 0 Å². The molecule has 1 aromatic heterocycles. The summed E-state index contributed by atoms with van der Waals surface area (Å²) in [5.74, 6) is 3.77. The molecule has 1 saturated heterocycles. The first-order valence-corrected chi connectivity index (χ1v) is 8.26. The summed E-state index contributed by atoms with van der Waals surface area (Å²) in [4.78, 5) is 11.3. The Morgan fingerprint density at radius 2 is 1.92 bits per heavy atom. The van der Waals surface area contributed by atoms with E-state index in [0.29, 0.717) is 5.95 Å². The van der Waals surface area contributed by atoms with Gasteiger partial charge in [-0.25, -0.2) is 4.98 Å². The third-order valence-corrected chi connectivity index (χ3v) is 4.40. The van der Waals surface area contributed by atoms with Gasteiger partial charge in [0.1, 0.15) is 17.3 Å². The number of aromatic nitrogens is 2. The zero-order valence-electron chi connectivity index (χ0n) is 14.5. The highest BCUT2D eigenvalue weighted by molar-refractivity contribution is 5.65. The highest BCUT2D eigenvalue weighted by Crippen LogP contribution is 2.31. The summed E-state index contributed by atoms with van der Waals surface area (Å²) in [5, 5.41) is 3.23. The lowest BCUT2D eigenvalue weighted by molar-refractivity contribution is 0.405. The van der Waals surface area contributed by atoms with Crippen LogP contribution in [0, 0.1) is 5.92 Å². The second-order valence-corrected chi connectivity index (χ2v) is 6.10. The molecule has 1 aliphatic heterocycles. The van der Waals surface area contributed by atoms with Gasteiger partial charge in [0.2, 0.25) is 5.95 Å². The van der Waals surface area contributed by atoms with Crippen LogP contribution >= 0.6 is 0 Å². The number of hydrogen-bond donors (Lipinski definition) is 1. The van der Waals surface area contributed by atoms with Crippen LogP contribution in [0.1, 0.15) is 19.8 Å². The number of benzene rings is 1. The minimum atomic E-state index is 0.553. The molecule has 0 amide bonds. The van der Waals surface area contributed by atoms with Crippen LogP contribution in [0.4, 0.5) is 17.5 Å². The molecule has 0 saturated carbocycles. The molecule has 6 nitrogen and oxygen atoms in total. The molecule has 24 heavy (non-hydrogen) atoms. The summed E-state index contributed by atoms with van der Waals surface area (Å²) in [6.07, 6.45) is 4.20. The molecular formula is C18H24N4O2. The number of ether oxygens (including phenoxy) is 2. The topological polar surface area (TPSA) is 59.5 Å². The molecular weight excluding hydrogens is 304 g/mol. The third-order valence-electron chi connectivity index (χ3n) is 4.40. The second kappa shape index (κ2) is 7.38. The van der Waals surface area contributed by atoms with Gasteiger partial charge >= 0.3 is 0 Å². The van der Waals surface area contributed by atoms with Gasteiger partial charge in [0.05, 0.1) is 19.9 Å². The number of nitrogens with one attached hydrogen (secondary N) is 1. The first-order chi connectivity index (χ1) is 11.7. The first kappa shape index (κ1) is 16.4. The Morgan fingerprint density at radius 1 is 1.12 bits per heavy atom. The quantitative estimate of drug-likeness (QED) is 0.907. The zero-order valence-corrected chi connectivity index (χ0v) is 14.5. The Labute approximate surface area is 142 Å². The lowest BCUT2D eigenvalue weighted by Gasteiger charge is -2.31. The predicted octanol–water partition coefficient (Wildman–Crippen LogP) is 3.47. The Bertz CT molecular complexity index is 684. The minimum absolute atomic E-state index is 0.553.